The summed E-state index contributed by atoms with van der Waals surface area (Å²) in [5, 5.41) is 12.9. The Bertz CT molecular complexity index is 969. The Hall–Kier alpha value is -2.80. The molecule has 0 bridgehead atoms. The van der Waals surface area contributed by atoms with Gasteiger partial charge in [-0.05, 0) is 63.0 Å². The van der Waals surface area contributed by atoms with Crippen LogP contribution >= 0.6 is 0 Å². The Morgan fingerprint density at radius 1 is 1.21 bits per heavy atom. The molecule has 1 amide bonds. The predicted molar refractivity (Wildman–Crippen MR) is 109 cm³/mol. The van der Waals surface area contributed by atoms with Gasteiger partial charge in [0.15, 0.2) is 5.69 Å². The molecule has 7 heteroatoms. The number of hydrogen-bond acceptors (Lipinski definition) is 5. The van der Waals surface area contributed by atoms with Gasteiger partial charge in [-0.15, -0.1) is 5.10 Å². The molecule has 3 heterocycles. The number of pyridine rings is 1. The number of fused-ring (bicyclic) bond motifs is 1. The van der Waals surface area contributed by atoms with Crippen molar-refractivity contribution in [1.82, 2.24) is 30.2 Å². The van der Waals surface area contributed by atoms with E-state index in [2.05, 4.69) is 27.5 Å². The number of benzene rings is 1. The number of nitrogens with zero attached hydrogens (tertiary/aromatic N) is 5. The first-order valence-electron chi connectivity index (χ1n) is 9.95. The number of nitrogens with one attached hydrogen (secondary N) is 1. The van der Waals surface area contributed by atoms with E-state index >= 15 is 0 Å². The fraction of sp³-hybridized carbons (Fsp3) is 0.429. The molecular weight excluding hydrogens is 352 g/mol. The van der Waals surface area contributed by atoms with Crippen LogP contribution in [0, 0.1) is 12.8 Å². The topological polar surface area (TPSA) is 75.9 Å². The van der Waals surface area contributed by atoms with Crippen molar-refractivity contribution in [2.45, 2.75) is 26.7 Å². The summed E-state index contributed by atoms with van der Waals surface area (Å²) in [6, 6.07) is 9.81. The highest BCUT2D eigenvalue weighted by Gasteiger charge is 2.27. The molecule has 1 aliphatic rings. The van der Waals surface area contributed by atoms with E-state index in [1.165, 1.54) is 0 Å². The highest BCUT2D eigenvalue weighted by molar-refractivity contribution is 5.94. The maximum atomic E-state index is 13.0. The molecule has 2 aromatic heterocycles. The van der Waals surface area contributed by atoms with E-state index in [0.29, 0.717) is 11.6 Å². The van der Waals surface area contributed by atoms with Gasteiger partial charge in [-0.25, -0.2) is 4.68 Å². The minimum Gasteiger partial charge on any atom is -0.337 e. The van der Waals surface area contributed by atoms with E-state index in [1.54, 1.807) is 10.9 Å². The van der Waals surface area contributed by atoms with Crippen LogP contribution < -0.4 is 5.32 Å². The summed E-state index contributed by atoms with van der Waals surface area (Å²) in [6.45, 7) is 7.60. The van der Waals surface area contributed by atoms with Crippen molar-refractivity contribution in [3.8, 4) is 5.69 Å². The van der Waals surface area contributed by atoms with Crippen LogP contribution in [0.4, 0.5) is 0 Å². The van der Waals surface area contributed by atoms with Crippen molar-refractivity contribution >= 4 is 16.8 Å². The van der Waals surface area contributed by atoms with Crippen molar-refractivity contribution in [1.29, 1.82) is 0 Å². The van der Waals surface area contributed by atoms with Crippen LogP contribution in [0.3, 0.4) is 0 Å². The summed E-state index contributed by atoms with van der Waals surface area (Å²) in [4.78, 5) is 19.3. The lowest BCUT2D eigenvalue weighted by Crippen LogP contribution is -2.41. The number of piperidine rings is 1. The second-order valence-corrected chi connectivity index (χ2v) is 7.33. The molecule has 1 aromatic carbocycles. The molecular formula is C21H26N6O. The van der Waals surface area contributed by atoms with Gasteiger partial charge in [0.1, 0.15) is 0 Å². The lowest BCUT2D eigenvalue weighted by Gasteiger charge is -2.31. The minimum absolute atomic E-state index is 0.0241. The fourth-order valence-corrected chi connectivity index (χ4v) is 3.87. The summed E-state index contributed by atoms with van der Waals surface area (Å²) < 4.78 is 1.75. The highest BCUT2D eigenvalue weighted by Crippen LogP contribution is 2.23. The molecule has 1 fully saturated rings. The summed E-state index contributed by atoms with van der Waals surface area (Å²) in [5.41, 5.74) is 2.98. The molecule has 1 aliphatic heterocycles. The largest absolute Gasteiger partial charge is 0.337 e. The third-order valence-electron chi connectivity index (χ3n) is 5.53. The maximum Gasteiger partial charge on any atom is 0.276 e. The van der Waals surface area contributed by atoms with E-state index in [1.807, 2.05) is 42.2 Å². The molecule has 0 atom stereocenters. The van der Waals surface area contributed by atoms with Gasteiger partial charge in [0.05, 0.1) is 16.9 Å². The normalized spacial score (nSPS) is 15.3. The first-order valence-corrected chi connectivity index (χ1v) is 9.95. The standard InChI is InChI=1S/C21H26N6O/c1-3-22-14-16-9-12-26(13-10-16)21(28)20-15(2)27(25-24-20)19-8-4-7-18-17(19)6-5-11-23-18/h4-8,11,16,22H,3,9-10,12-14H2,1-2H3. The van der Waals surface area contributed by atoms with E-state index in [9.17, 15) is 4.79 Å². The number of likely N-dealkylation sites (tertiary alicyclic amines) is 1. The Kier molecular flexibility index (Phi) is 5.34. The van der Waals surface area contributed by atoms with Gasteiger partial charge in [0.2, 0.25) is 0 Å². The maximum absolute atomic E-state index is 13.0. The van der Waals surface area contributed by atoms with Gasteiger partial charge in [-0.3, -0.25) is 9.78 Å². The number of rotatable bonds is 5. The molecule has 0 unspecified atom stereocenters. The summed E-state index contributed by atoms with van der Waals surface area (Å²) >= 11 is 0. The SMILES string of the molecule is CCNCC1CCN(C(=O)c2nnn(-c3cccc4ncccc34)c2C)CC1. The third kappa shape index (κ3) is 3.49. The number of aromatic nitrogens is 4. The van der Waals surface area contributed by atoms with E-state index in [0.717, 1.165) is 61.3 Å². The number of carbonyl (C=O) groups is 1. The lowest BCUT2D eigenvalue weighted by molar-refractivity contribution is 0.0683. The lowest BCUT2D eigenvalue weighted by atomic mass is 9.96. The quantitative estimate of drug-likeness (QED) is 0.738. The number of carbonyl (C=O) groups excluding carboxylic acids is 1. The van der Waals surface area contributed by atoms with Crippen LogP contribution in [0.25, 0.3) is 16.6 Å². The molecule has 0 saturated carbocycles. The van der Waals surface area contributed by atoms with Gasteiger partial charge in [-0.2, -0.15) is 0 Å². The van der Waals surface area contributed by atoms with Crippen LogP contribution in [0.5, 0.6) is 0 Å². The minimum atomic E-state index is -0.0241. The summed E-state index contributed by atoms with van der Waals surface area (Å²) in [5.74, 6) is 0.618. The van der Waals surface area contributed by atoms with Crippen molar-refractivity contribution in [2.75, 3.05) is 26.2 Å². The number of hydrogen-bond donors (Lipinski definition) is 1. The molecule has 1 N–H and O–H groups in total. The van der Waals surface area contributed by atoms with E-state index in [4.69, 9.17) is 0 Å². The first kappa shape index (κ1) is 18.6. The summed E-state index contributed by atoms with van der Waals surface area (Å²) in [6.07, 6.45) is 3.83. The zero-order chi connectivity index (χ0) is 19.5. The van der Waals surface area contributed by atoms with Crippen molar-refractivity contribution < 1.29 is 4.79 Å². The molecule has 28 heavy (non-hydrogen) atoms. The molecule has 1 saturated heterocycles. The number of amides is 1. The Morgan fingerprint density at radius 3 is 2.82 bits per heavy atom. The van der Waals surface area contributed by atoms with Crippen LogP contribution in [-0.2, 0) is 0 Å². The predicted octanol–water partition coefficient (Wildman–Crippen LogP) is 2.59. The smallest absolute Gasteiger partial charge is 0.276 e. The average Bonchev–Trinajstić information content (AvgIpc) is 3.12. The molecule has 3 aromatic rings. The molecule has 0 spiro atoms. The third-order valence-corrected chi connectivity index (χ3v) is 5.53. The molecule has 7 nitrogen and oxygen atoms in total. The van der Waals surface area contributed by atoms with Crippen molar-refractivity contribution in [2.24, 2.45) is 5.92 Å². The summed E-state index contributed by atoms with van der Waals surface area (Å²) in [7, 11) is 0. The Balaban J connectivity index is 1.55. The Morgan fingerprint density at radius 2 is 2.04 bits per heavy atom. The second kappa shape index (κ2) is 8.06. The average molecular weight is 378 g/mol. The van der Waals surface area contributed by atoms with Crippen molar-refractivity contribution in [3.05, 3.63) is 47.9 Å². The van der Waals surface area contributed by atoms with Crippen LogP contribution in [-0.4, -0.2) is 57.0 Å². The first-order chi connectivity index (χ1) is 13.7. The van der Waals surface area contributed by atoms with E-state index in [-0.39, 0.29) is 5.91 Å². The van der Waals surface area contributed by atoms with Gasteiger partial charge in [-0.1, -0.05) is 18.2 Å². The van der Waals surface area contributed by atoms with Crippen LogP contribution in [0.15, 0.2) is 36.5 Å². The zero-order valence-corrected chi connectivity index (χ0v) is 16.4. The Labute approximate surface area is 164 Å². The highest BCUT2D eigenvalue weighted by atomic mass is 16.2. The molecule has 146 valence electrons. The van der Waals surface area contributed by atoms with Crippen LogP contribution in [0.1, 0.15) is 35.9 Å². The van der Waals surface area contributed by atoms with Gasteiger partial charge in [0, 0.05) is 24.7 Å². The molecule has 0 aliphatic carbocycles. The molecule has 4 rings (SSSR count). The fourth-order valence-electron chi connectivity index (χ4n) is 3.87. The van der Waals surface area contributed by atoms with Crippen LogP contribution in [0.2, 0.25) is 0 Å². The molecule has 0 radical (unpaired) electrons. The second-order valence-electron chi connectivity index (χ2n) is 7.33. The van der Waals surface area contributed by atoms with E-state index < -0.39 is 0 Å². The van der Waals surface area contributed by atoms with Gasteiger partial charge >= 0.3 is 0 Å². The van der Waals surface area contributed by atoms with Gasteiger partial charge in [0.25, 0.3) is 5.91 Å². The van der Waals surface area contributed by atoms with Gasteiger partial charge < -0.3 is 10.2 Å². The monoisotopic (exact) mass is 378 g/mol. The zero-order valence-electron chi connectivity index (χ0n) is 16.4. The van der Waals surface area contributed by atoms with Crippen molar-refractivity contribution in [3.63, 3.8) is 0 Å².